The molecule has 8 aromatic rings. The number of rotatable bonds is 15. The summed E-state index contributed by atoms with van der Waals surface area (Å²) < 4.78 is 14.5. The largest absolute Gasteiger partial charge is 0.444 e. The minimum Gasteiger partial charge on any atom is -0.444 e. The number of thiophene rings is 2. The standard InChI is InChI=1S/C16H12ClN3O3S.C13H14N2O2.C13H17NO.C7H6N4O.C7H6N2.C6H5ClOS.C6H12.CH4/c1-18-10-2-4-11(5-3-10)20-9-12(23-16(20)22)8-19-15(21)13-6-7-14(17)24-13;1-3-4-12-9-15(13(16)17-12)11-7-5-10(14-2)6-8-11;1-3-4-13(15)10-7-11-5-8-12(14-2)9-6-11;12-7(10-3-1-8-5-10)11-4-2-9-6-11;1-9-7-4-2-6(8)3-5-7;1-4(8)5-2-3-6(7)9-5;1-2-3-6-4-5-6;/h2-7,12H,8-9H2,(H,19,21);5-8,12H,3-4,9H2,1H3;5-6,8-9,13,15H,3-4,7,10H2,1H3;1-6H;2-5H,8H2;2-3H,1H3;6H,2-5H2,1H3;1H4/t2*12-;13-;;;;;/m000...../s1. The van der Waals surface area contributed by atoms with Crippen molar-refractivity contribution in [3.05, 3.63) is 228 Å². The fourth-order valence-corrected chi connectivity index (χ4v) is 10.4. The second kappa shape index (κ2) is 41.0. The zero-order chi connectivity index (χ0) is 66.8. The number of hydrogen-bond donors (Lipinski definition) is 3. The van der Waals surface area contributed by atoms with Crippen molar-refractivity contribution >= 4 is 116 Å². The highest BCUT2D eigenvalue weighted by atomic mass is 35.5. The van der Waals surface area contributed by atoms with Crippen molar-refractivity contribution in [2.75, 3.05) is 35.2 Å². The van der Waals surface area contributed by atoms with Gasteiger partial charge in [-0.05, 0) is 99.2 Å². The van der Waals surface area contributed by atoms with Gasteiger partial charge in [0.25, 0.3) is 5.91 Å². The first kappa shape index (κ1) is 75.8. The van der Waals surface area contributed by atoms with Gasteiger partial charge < -0.3 is 25.6 Å². The molecular formula is C69H76Cl2N12O8S2. The predicted octanol–water partition coefficient (Wildman–Crippen LogP) is 18.3. The van der Waals surface area contributed by atoms with E-state index in [4.69, 9.17) is 64.7 Å². The summed E-state index contributed by atoms with van der Waals surface area (Å²) in [6.45, 7) is 36.3. The van der Waals surface area contributed by atoms with Crippen LogP contribution in [0.4, 0.5) is 54.2 Å². The van der Waals surface area contributed by atoms with Crippen LogP contribution >= 0.6 is 45.9 Å². The van der Waals surface area contributed by atoms with Gasteiger partial charge in [0.15, 0.2) is 28.5 Å². The molecule has 4 aromatic carbocycles. The van der Waals surface area contributed by atoms with Crippen LogP contribution in [-0.4, -0.2) is 92.1 Å². The maximum Gasteiger partial charge on any atom is 0.414 e. The van der Waals surface area contributed by atoms with Gasteiger partial charge in [0.05, 0.1) is 70.5 Å². The number of nitrogen functional groups attached to an aromatic ring is 1. The third-order valence-corrected chi connectivity index (χ3v) is 16.0. The minimum absolute atomic E-state index is 0. The van der Waals surface area contributed by atoms with Gasteiger partial charge in [0, 0.05) is 41.8 Å². The second-order valence-electron chi connectivity index (χ2n) is 20.7. The molecule has 3 aliphatic rings. The first-order valence-corrected chi connectivity index (χ1v) is 31.9. The lowest BCUT2D eigenvalue weighted by molar-refractivity contribution is 0.0919. The van der Waals surface area contributed by atoms with Crippen molar-refractivity contribution < 1.29 is 38.6 Å². The number of benzene rings is 4. The van der Waals surface area contributed by atoms with Gasteiger partial charge in [-0.25, -0.2) is 43.7 Å². The number of carbonyl (C=O) groups is 5. The molecule has 93 heavy (non-hydrogen) atoms. The Bertz CT molecular complexity index is 3700. The molecule has 1 aliphatic carbocycles. The number of amides is 3. The van der Waals surface area contributed by atoms with Crippen LogP contribution in [0.15, 0.2) is 159 Å². The van der Waals surface area contributed by atoms with Crippen molar-refractivity contribution in [2.45, 2.75) is 118 Å². The van der Waals surface area contributed by atoms with E-state index in [1.54, 1.807) is 127 Å². The SMILES string of the molecule is C.CC(=O)c1ccc(Cl)s1.CCCC1CC1.O=C(n1ccnc1)n1ccnc1.[C-]#[N+]c1ccc(CC[C@@H](O)CCC)cc1.[C-]#[N+]c1ccc(N)cc1.[C-]#[N+]c1ccc(N2C[C@H](CCC)OC2=O)cc1.[C-]#[N+]c1ccc(N2C[C@H](CNC(=O)c3ccc(Cl)s3)OC2=O)cc1. The van der Waals surface area contributed by atoms with Crippen molar-refractivity contribution in [2.24, 2.45) is 5.92 Å². The average molecular weight is 1340 g/mol. The zero-order valence-electron chi connectivity index (χ0n) is 51.4. The Labute approximate surface area is 562 Å². The van der Waals surface area contributed by atoms with Gasteiger partial charge in [-0.3, -0.25) is 28.5 Å². The summed E-state index contributed by atoms with van der Waals surface area (Å²) in [5, 5.41) is 12.3. The first-order valence-electron chi connectivity index (χ1n) is 29.5. The van der Waals surface area contributed by atoms with Crippen LogP contribution in [0.25, 0.3) is 19.4 Å². The fourth-order valence-electron chi connectivity index (χ4n) is 8.48. The highest BCUT2D eigenvalue weighted by Gasteiger charge is 2.33. The summed E-state index contributed by atoms with van der Waals surface area (Å²) in [5.74, 6) is 0.977. The number of anilines is 3. The molecule has 0 unspecified atom stereocenters. The molecule has 2 saturated heterocycles. The molecule has 3 atom stereocenters. The number of aliphatic hydroxyl groups excluding tert-OH is 1. The van der Waals surface area contributed by atoms with E-state index >= 15 is 0 Å². The number of carbonyl (C=O) groups excluding carboxylic acids is 5. The fraction of sp³-hybridized carbons (Fsp3) is 0.319. The van der Waals surface area contributed by atoms with E-state index in [2.05, 4.69) is 55.4 Å². The second-order valence-corrected chi connectivity index (χ2v) is 24.1. The number of aromatic nitrogens is 4. The number of aliphatic hydroxyl groups is 1. The van der Waals surface area contributed by atoms with Gasteiger partial charge >= 0.3 is 18.2 Å². The number of halogens is 2. The van der Waals surface area contributed by atoms with Crippen LogP contribution in [-0.2, 0) is 15.9 Å². The van der Waals surface area contributed by atoms with Gasteiger partial charge in [0.2, 0.25) is 0 Å². The maximum atomic E-state index is 12.0. The normalized spacial score (nSPS) is 14.1. The lowest BCUT2D eigenvalue weighted by atomic mass is 10.0. The number of nitrogens with one attached hydrogen (secondary N) is 1. The van der Waals surface area contributed by atoms with E-state index < -0.39 is 12.2 Å². The summed E-state index contributed by atoms with van der Waals surface area (Å²) in [6.07, 6.45) is 19.2. The van der Waals surface area contributed by atoms with Crippen molar-refractivity contribution in [1.82, 2.24) is 24.4 Å². The summed E-state index contributed by atoms with van der Waals surface area (Å²) >= 11 is 13.9. The number of ether oxygens (including phenoxy) is 2. The predicted molar refractivity (Wildman–Crippen MR) is 371 cm³/mol. The van der Waals surface area contributed by atoms with E-state index in [1.807, 2.05) is 24.3 Å². The number of nitrogens with two attached hydrogens (primary N) is 1. The minimum atomic E-state index is -0.469. The Morgan fingerprint density at radius 1 is 0.634 bits per heavy atom. The molecule has 0 radical (unpaired) electrons. The third-order valence-electron chi connectivity index (χ3n) is 13.5. The molecule has 0 spiro atoms. The summed E-state index contributed by atoms with van der Waals surface area (Å²) in [6, 6.07) is 34.6. The van der Waals surface area contributed by atoms with E-state index in [0.717, 1.165) is 55.0 Å². The van der Waals surface area contributed by atoms with Crippen LogP contribution in [0, 0.1) is 32.2 Å². The Balaban J connectivity index is 0.000000240. The van der Waals surface area contributed by atoms with Crippen molar-refractivity contribution in [3.8, 4) is 0 Å². The van der Waals surface area contributed by atoms with Crippen LogP contribution < -0.4 is 20.9 Å². The van der Waals surface area contributed by atoms with E-state index in [-0.39, 0.29) is 50.0 Å². The molecular weight excluding hydrogens is 1260 g/mol. The Morgan fingerprint density at radius 2 is 1.08 bits per heavy atom. The summed E-state index contributed by atoms with van der Waals surface area (Å²) in [4.78, 5) is 82.7. The highest BCUT2D eigenvalue weighted by Crippen LogP contribution is 2.33. The first-order chi connectivity index (χ1) is 44.4. The number of nitrogens with zero attached hydrogens (tertiary/aromatic N) is 10. The lowest BCUT2D eigenvalue weighted by Crippen LogP contribution is -2.34. The zero-order valence-corrected chi connectivity index (χ0v) is 54.6. The van der Waals surface area contributed by atoms with Crippen LogP contribution in [0.1, 0.15) is 118 Å². The summed E-state index contributed by atoms with van der Waals surface area (Å²) in [5.41, 5.74) is 11.1. The van der Waals surface area contributed by atoms with E-state index in [0.29, 0.717) is 60.8 Å². The molecule has 4 aromatic heterocycles. The molecule has 3 fully saturated rings. The Hall–Kier alpha value is -9.65. The molecule has 486 valence electrons. The van der Waals surface area contributed by atoms with Gasteiger partial charge in [-0.1, -0.05) is 156 Å². The molecule has 3 amide bonds. The van der Waals surface area contributed by atoms with Gasteiger partial charge in [-0.15, -0.1) is 22.7 Å². The van der Waals surface area contributed by atoms with Crippen LogP contribution in [0.2, 0.25) is 8.67 Å². The quantitative estimate of drug-likeness (QED) is 0.0497. The number of imidazole rings is 2. The van der Waals surface area contributed by atoms with E-state index in [9.17, 15) is 29.1 Å². The number of ketones is 1. The topological polar surface area (TPSA) is 222 Å². The Kier molecular flexibility index (Phi) is 33.4. The molecule has 24 heteroatoms. The van der Waals surface area contributed by atoms with Gasteiger partial charge in [0.1, 0.15) is 24.9 Å². The smallest absolute Gasteiger partial charge is 0.414 e. The number of cyclic esters (lactones) is 2. The molecule has 2 aliphatic heterocycles. The highest BCUT2D eigenvalue weighted by molar-refractivity contribution is 7.18. The van der Waals surface area contributed by atoms with Crippen LogP contribution in [0.5, 0.6) is 0 Å². The number of Topliss-reactive ketones (excluding diaryl/α,β-unsaturated/α-hetero) is 1. The molecule has 6 heterocycles. The average Bonchev–Trinajstić information content (AvgIpc) is 1.82. The number of hydrogen-bond acceptors (Lipinski definition) is 13. The van der Waals surface area contributed by atoms with Gasteiger partial charge in [-0.2, -0.15) is 0 Å². The molecule has 1 saturated carbocycles. The molecule has 11 rings (SSSR count). The lowest BCUT2D eigenvalue weighted by Gasteiger charge is -2.13. The molecule has 20 nitrogen and oxygen atoms in total. The summed E-state index contributed by atoms with van der Waals surface area (Å²) in [7, 11) is 0. The third kappa shape index (κ3) is 27.0. The Morgan fingerprint density at radius 3 is 1.45 bits per heavy atom. The van der Waals surface area contributed by atoms with E-state index in [1.165, 1.54) is 87.5 Å². The molecule has 4 N–H and O–H groups in total. The van der Waals surface area contributed by atoms with Crippen molar-refractivity contribution in [3.63, 3.8) is 0 Å². The maximum absolute atomic E-state index is 12.0. The van der Waals surface area contributed by atoms with Crippen LogP contribution in [0.3, 0.4) is 0 Å². The monoisotopic (exact) mass is 1330 g/mol. The number of aryl methyl sites for hydroxylation is 1. The van der Waals surface area contributed by atoms with Crippen molar-refractivity contribution in [1.29, 1.82) is 0 Å². The molecule has 0 bridgehead atoms.